The third kappa shape index (κ3) is 3.81. The molecule has 3 aromatic rings. The van der Waals surface area contributed by atoms with Crippen molar-refractivity contribution in [1.82, 2.24) is 19.9 Å². The molecule has 28 heavy (non-hydrogen) atoms. The Morgan fingerprint density at radius 2 is 1.86 bits per heavy atom. The van der Waals surface area contributed by atoms with Gasteiger partial charge in [0.15, 0.2) is 0 Å². The van der Waals surface area contributed by atoms with Gasteiger partial charge in [0.1, 0.15) is 0 Å². The van der Waals surface area contributed by atoms with Crippen molar-refractivity contribution in [3.05, 3.63) is 77.6 Å². The quantitative estimate of drug-likeness (QED) is 0.648. The monoisotopic (exact) mass is 370 g/mol. The number of amides is 1. The van der Waals surface area contributed by atoms with Crippen molar-refractivity contribution in [2.24, 2.45) is 0 Å². The SMILES string of the molecule is Cc1ccc(-n2nccn2)c(C(=O)N2CCCCC2C#Cc2ccccc2)c1. The summed E-state index contributed by atoms with van der Waals surface area (Å²) >= 11 is 0. The van der Waals surface area contributed by atoms with Gasteiger partial charge in [0, 0.05) is 12.1 Å². The molecule has 1 saturated heterocycles. The highest BCUT2D eigenvalue weighted by atomic mass is 16.2. The van der Waals surface area contributed by atoms with Gasteiger partial charge < -0.3 is 4.90 Å². The van der Waals surface area contributed by atoms with E-state index in [9.17, 15) is 4.79 Å². The standard InChI is InChI=1S/C23H22N4O/c1-18-10-13-22(27-24-14-15-25-27)21(17-18)23(28)26-16-6-5-9-20(26)12-11-19-7-3-2-4-8-19/h2-4,7-8,10,13-15,17,20H,5-6,9,16H2,1H3. The normalized spacial score (nSPS) is 16.3. The highest BCUT2D eigenvalue weighted by Crippen LogP contribution is 2.23. The zero-order valence-corrected chi connectivity index (χ0v) is 15.9. The average Bonchev–Trinajstić information content (AvgIpc) is 3.27. The zero-order chi connectivity index (χ0) is 19.3. The summed E-state index contributed by atoms with van der Waals surface area (Å²) in [5.74, 6) is 6.54. The molecular weight excluding hydrogens is 348 g/mol. The first-order valence-electron chi connectivity index (χ1n) is 9.57. The lowest BCUT2D eigenvalue weighted by Gasteiger charge is -2.33. The molecule has 5 heteroatoms. The van der Waals surface area contributed by atoms with E-state index in [0.717, 1.165) is 30.4 Å². The lowest BCUT2D eigenvalue weighted by Crippen LogP contribution is -2.43. The van der Waals surface area contributed by atoms with Crippen LogP contribution >= 0.6 is 0 Å². The zero-order valence-electron chi connectivity index (χ0n) is 15.9. The Hall–Kier alpha value is -3.39. The fourth-order valence-corrected chi connectivity index (χ4v) is 3.50. The van der Waals surface area contributed by atoms with Gasteiger partial charge in [-0.2, -0.15) is 15.0 Å². The van der Waals surface area contributed by atoms with E-state index in [4.69, 9.17) is 0 Å². The summed E-state index contributed by atoms with van der Waals surface area (Å²) in [6, 6.07) is 15.6. The molecule has 1 unspecified atom stereocenters. The number of aromatic nitrogens is 3. The largest absolute Gasteiger partial charge is 0.325 e. The molecule has 1 aromatic heterocycles. The van der Waals surface area contributed by atoms with Crippen LogP contribution < -0.4 is 0 Å². The van der Waals surface area contributed by atoms with E-state index in [-0.39, 0.29) is 11.9 Å². The summed E-state index contributed by atoms with van der Waals surface area (Å²) in [7, 11) is 0. The summed E-state index contributed by atoms with van der Waals surface area (Å²) in [4.78, 5) is 16.9. The summed E-state index contributed by atoms with van der Waals surface area (Å²) in [6.07, 6.45) is 6.20. The van der Waals surface area contributed by atoms with Crippen LogP contribution in [0.5, 0.6) is 0 Å². The Morgan fingerprint density at radius 3 is 2.64 bits per heavy atom. The van der Waals surface area contributed by atoms with Crippen LogP contribution in [0.1, 0.15) is 40.7 Å². The molecule has 2 heterocycles. The van der Waals surface area contributed by atoms with Gasteiger partial charge in [0.25, 0.3) is 5.91 Å². The first-order chi connectivity index (χ1) is 13.7. The van der Waals surface area contributed by atoms with Gasteiger partial charge in [0.05, 0.1) is 29.7 Å². The minimum absolute atomic E-state index is 0.0111. The van der Waals surface area contributed by atoms with Crippen molar-refractivity contribution in [2.45, 2.75) is 32.2 Å². The number of hydrogen-bond acceptors (Lipinski definition) is 3. The number of carbonyl (C=O) groups is 1. The third-order valence-electron chi connectivity index (χ3n) is 4.94. The lowest BCUT2D eigenvalue weighted by atomic mass is 9.99. The molecule has 1 atom stereocenters. The molecule has 1 amide bonds. The smallest absolute Gasteiger partial charge is 0.257 e. The Bertz CT molecular complexity index is 1020. The second-order valence-corrected chi connectivity index (χ2v) is 6.98. The van der Waals surface area contributed by atoms with E-state index < -0.39 is 0 Å². The third-order valence-corrected chi connectivity index (χ3v) is 4.94. The van der Waals surface area contributed by atoms with E-state index in [1.807, 2.05) is 60.4 Å². The van der Waals surface area contributed by atoms with Gasteiger partial charge in [0.2, 0.25) is 0 Å². The van der Waals surface area contributed by atoms with Crippen LogP contribution in [-0.4, -0.2) is 38.4 Å². The van der Waals surface area contributed by atoms with Crippen LogP contribution in [0.2, 0.25) is 0 Å². The Kier molecular flexibility index (Phi) is 5.20. The van der Waals surface area contributed by atoms with Crippen molar-refractivity contribution in [3.63, 3.8) is 0 Å². The molecule has 4 rings (SSSR count). The van der Waals surface area contributed by atoms with Crippen molar-refractivity contribution in [3.8, 4) is 17.5 Å². The van der Waals surface area contributed by atoms with E-state index in [0.29, 0.717) is 17.8 Å². The summed E-state index contributed by atoms with van der Waals surface area (Å²) in [6.45, 7) is 2.70. The summed E-state index contributed by atoms with van der Waals surface area (Å²) < 4.78 is 0. The molecule has 140 valence electrons. The number of nitrogens with zero attached hydrogens (tertiary/aromatic N) is 4. The molecule has 0 aliphatic carbocycles. The molecule has 5 nitrogen and oxygen atoms in total. The fourth-order valence-electron chi connectivity index (χ4n) is 3.50. The Morgan fingerprint density at radius 1 is 1.07 bits per heavy atom. The highest BCUT2D eigenvalue weighted by Gasteiger charge is 2.28. The molecular formula is C23H22N4O. The molecule has 1 fully saturated rings. The van der Waals surface area contributed by atoms with Gasteiger partial charge in [-0.25, -0.2) is 0 Å². The predicted octanol–water partition coefficient (Wildman–Crippen LogP) is 3.62. The van der Waals surface area contributed by atoms with Crippen molar-refractivity contribution >= 4 is 5.91 Å². The topological polar surface area (TPSA) is 51.0 Å². The predicted molar refractivity (Wildman–Crippen MR) is 108 cm³/mol. The second-order valence-electron chi connectivity index (χ2n) is 6.98. The average molecular weight is 370 g/mol. The number of benzene rings is 2. The maximum Gasteiger partial charge on any atom is 0.257 e. The minimum Gasteiger partial charge on any atom is -0.325 e. The van der Waals surface area contributed by atoms with Crippen LogP contribution in [0, 0.1) is 18.8 Å². The first kappa shape index (κ1) is 18.0. The van der Waals surface area contributed by atoms with E-state index >= 15 is 0 Å². The van der Waals surface area contributed by atoms with Gasteiger partial charge in [-0.3, -0.25) is 4.79 Å². The van der Waals surface area contributed by atoms with Gasteiger partial charge in [-0.1, -0.05) is 41.7 Å². The first-order valence-corrected chi connectivity index (χ1v) is 9.57. The highest BCUT2D eigenvalue weighted by molar-refractivity contribution is 5.98. The molecule has 0 bridgehead atoms. The molecule has 1 aliphatic heterocycles. The van der Waals surface area contributed by atoms with Crippen LogP contribution in [0.15, 0.2) is 60.9 Å². The van der Waals surface area contributed by atoms with E-state index in [1.165, 1.54) is 4.80 Å². The Balaban J connectivity index is 1.66. The van der Waals surface area contributed by atoms with Crippen molar-refractivity contribution < 1.29 is 4.79 Å². The van der Waals surface area contributed by atoms with Crippen LogP contribution in [0.3, 0.4) is 0 Å². The van der Waals surface area contributed by atoms with Gasteiger partial charge in [-0.15, -0.1) is 0 Å². The molecule has 2 aromatic carbocycles. The number of aryl methyl sites for hydroxylation is 1. The van der Waals surface area contributed by atoms with Crippen LogP contribution in [0.25, 0.3) is 5.69 Å². The lowest BCUT2D eigenvalue weighted by molar-refractivity contribution is 0.0672. The molecule has 0 N–H and O–H groups in total. The van der Waals surface area contributed by atoms with E-state index in [2.05, 4.69) is 22.0 Å². The minimum atomic E-state index is -0.0830. The van der Waals surface area contributed by atoms with Crippen LogP contribution in [0.4, 0.5) is 0 Å². The van der Waals surface area contributed by atoms with Crippen molar-refractivity contribution in [1.29, 1.82) is 0 Å². The maximum atomic E-state index is 13.5. The summed E-state index contributed by atoms with van der Waals surface area (Å²) in [5.41, 5.74) is 3.31. The fraction of sp³-hybridized carbons (Fsp3) is 0.261. The second kappa shape index (κ2) is 8.10. The van der Waals surface area contributed by atoms with Gasteiger partial charge in [-0.05, 0) is 50.5 Å². The number of hydrogen-bond donors (Lipinski definition) is 0. The maximum absolute atomic E-state index is 13.5. The summed E-state index contributed by atoms with van der Waals surface area (Å²) in [5, 5.41) is 8.41. The number of likely N-dealkylation sites (tertiary alicyclic amines) is 1. The Labute approximate surface area is 165 Å². The number of carbonyl (C=O) groups excluding carboxylic acids is 1. The number of piperidine rings is 1. The van der Waals surface area contributed by atoms with E-state index in [1.54, 1.807) is 12.4 Å². The van der Waals surface area contributed by atoms with Gasteiger partial charge >= 0.3 is 0 Å². The molecule has 1 aliphatic rings. The molecule has 0 spiro atoms. The number of rotatable bonds is 2. The molecule has 0 radical (unpaired) electrons. The van der Waals surface area contributed by atoms with Crippen molar-refractivity contribution in [2.75, 3.05) is 6.54 Å². The van der Waals surface area contributed by atoms with Crippen LogP contribution in [-0.2, 0) is 0 Å². The molecule has 0 saturated carbocycles.